The second kappa shape index (κ2) is 4.51. The van der Waals surface area contributed by atoms with Crippen LogP contribution in [-0.4, -0.2) is 18.0 Å². The Balaban J connectivity index is 2.20. The number of anilines is 1. The van der Waals surface area contributed by atoms with Crippen molar-refractivity contribution in [3.63, 3.8) is 0 Å². The zero-order valence-electron chi connectivity index (χ0n) is 9.62. The van der Waals surface area contributed by atoms with Crippen LogP contribution >= 0.6 is 0 Å². The van der Waals surface area contributed by atoms with Crippen molar-refractivity contribution in [1.82, 2.24) is 4.98 Å². The fourth-order valence-corrected chi connectivity index (χ4v) is 1.56. The van der Waals surface area contributed by atoms with Gasteiger partial charge in [0.2, 0.25) is 5.91 Å². The van der Waals surface area contributed by atoms with Crippen LogP contribution in [0.15, 0.2) is 12.3 Å². The fraction of sp³-hybridized carbons (Fsp3) is 0.500. The first-order valence-corrected chi connectivity index (χ1v) is 5.58. The molecule has 0 bridgehead atoms. The fourth-order valence-electron chi connectivity index (χ4n) is 1.56. The van der Waals surface area contributed by atoms with E-state index in [0.717, 1.165) is 5.69 Å². The predicted octanol–water partition coefficient (Wildman–Crippen LogP) is 2.32. The Hall–Kier alpha value is -1.58. The summed E-state index contributed by atoms with van der Waals surface area (Å²) in [6.45, 7) is 1.81. The molecule has 2 rings (SSSR count). The Bertz CT molecular complexity index is 400. The topological polar surface area (TPSA) is 51.2 Å². The van der Waals surface area contributed by atoms with Crippen molar-refractivity contribution in [3.8, 4) is 5.75 Å². The van der Waals surface area contributed by atoms with Crippen LogP contribution in [0.25, 0.3) is 0 Å². The minimum Gasteiger partial charge on any atom is -0.494 e. The lowest BCUT2D eigenvalue weighted by molar-refractivity contribution is -0.115. The van der Waals surface area contributed by atoms with Crippen molar-refractivity contribution >= 4 is 11.6 Å². The quantitative estimate of drug-likeness (QED) is 0.847. The summed E-state index contributed by atoms with van der Waals surface area (Å²) >= 11 is 0. The second-order valence-corrected chi connectivity index (χ2v) is 3.99. The highest BCUT2D eigenvalue weighted by Gasteiger charge is 2.25. The summed E-state index contributed by atoms with van der Waals surface area (Å²) in [5.41, 5.74) is 1.71. The number of methoxy groups -OCH3 is 1. The molecule has 4 heteroatoms. The second-order valence-electron chi connectivity index (χ2n) is 3.99. The standard InChI is InChI=1S/C12H16N2O2/c1-3-12(15)14-10-7-13-9(8-4-5-8)6-11(10)16-2/h6-8H,3-5H2,1-2H3,(H,14,15). The van der Waals surface area contributed by atoms with Gasteiger partial charge in [0.15, 0.2) is 0 Å². The van der Waals surface area contributed by atoms with E-state index in [0.29, 0.717) is 23.8 Å². The molecule has 86 valence electrons. The van der Waals surface area contributed by atoms with Crippen LogP contribution in [0.4, 0.5) is 5.69 Å². The number of pyridine rings is 1. The molecule has 1 saturated carbocycles. The molecule has 1 heterocycles. The molecule has 1 aliphatic carbocycles. The van der Waals surface area contributed by atoms with Crippen LogP contribution in [-0.2, 0) is 4.79 Å². The summed E-state index contributed by atoms with van der Waals surface area (Å²) in [6, 6.07) is 1.92. The summed E-state index contributed by atoms with van der Waals surface area (Å²) in [6.07, 6.45) is 4.54. The van der Waals surface area contributed by atoms with Crippen molar-refractivity contribution in [3.05, 3.63) is 18.0 Å². The highest BCUT2D eigenvalue weighted by molar-refractivity contribution is 5.91. The predicted molar refractivity (Wildman–Crippen MR) is 61.7 cm³/mol. The van der Waals surface area contributed by atoms with E-state index in [2.05, 4.69) is 10.3 Å². The zero-order chi connectivity index (χ0) is 11.5. The van der Waals surface area contributed by atoms with Crippen LogP contribution in [0.3, 0.4) is 0 Å². The molecule has 16 heavy (non-hydrogen) atoms. The number of carbonyl (C=O) groups excluding carboxylic acids is 1. The highest BCUT2D eigenvalue weighted by Crippen LogP contribution is 2.41. The van der Waals surface area contributed by atoms with Crippen LogP contribution in [0.5, 0.6) is 5.75 Å². The van der Waals surface area contributed by atoms with Gasteiger partial charge in [-0.1, -0.05) is 6.92 Å². The number of rotatable bonds is 4. The van der Waals surface area contributed by atoms with E-state index in [1.165, 1.54) is 12.8 Å². The van der Waals surface area contributed by atoms with Gasteiger partial charge in [0.05, 0.1) is 13.3 Å². The largest absolute Gasteiger partial charge is 0.494 e. The van der Waals surface area contributed by atoms with E-state index in [1.807, 2.05) is 13.0 Å². The molecule has 1 aromatic rings. The smallest absolute Gasteiger partial charge is 0.224 e. The van der Waals surface area contributed by atoms with Crippen molar-refractivity contribution in [2.75, 3.05) is 12.4 Å². The molecule has 1 aliphatic rings. The Morgan fingerprint density at radius 2 is 2.38 bits per heavy atom. The van der Waals surface area contributed by atoms with Gasteiger partial charge in [-0.05, 0) is 12.8 Å². The maximum atomic E-state index is 11.3. The minimum atomic E-state index is -0.0285. The lowest BCUT2D eigenvalue weighted by atomic mass is 10.2. The summed E-state index contributed by atoms with van der Waals surface area (Å²) in [7, 11) is 1.60. The average Bonchev–Trinajstić information content (AvgIpc) is 3.13. The van der Waals surface area contributed by atoms with E-state index in [1.54, 1.807) is 13.3 Å². The lowest BCUT2D eigenvalue weighted by Crippen LogP contribution is -2.11. The van der Waals surface area contributed by atoms with Gasteiger partial charge in [0, 0.05) is 24.1 Å². The Kier molecular flexibility index (Phi) is 3.08. The number of carbonyl (C=O) groups is 1. The van der Waals surface area contributed by atoms with Gasteiger partial charge < -0.3 is 10.1 Å². The number of nitrogens with one attached hydrogen (secondary N) is 1. The molecule has 1 N–H and O–H groups in total. The monoisotopic (exact) mass is 220 g/mol. The number of nitrogens with zero attached hydrogens (tertiary/aromatic N) is 1. The third-order valence-corrected chi connectivity index (χ3v) is 2.70. The maximum absolute atomic E-state index is 11.3. The van der Waals surface area contributed by atoms with Crippen molar-refractivity contribution in [1.29, 1.82) is 0 Å². The van der Waals surface area contributed by atoms with Crippen LogP contribution in [0, 0.1) is 0 Å². The Morgan fingerprint density at radius 1 is 1.62 bits per heavy atom. The molecule has 1 amide bonds. The molecule has 0 radical (unpaired) electrons. The lowest BCUT2D eigenvalue weighted by Gasteiger charge is -2.10. The van der Waals surface area contributed by atoms with Gasteiger partial charge in [-0.3, -0.25) is 9.78 Å². The number of ether oxygens (including phenoxy) is 1. The highest BCUT2D eigenvalue weighted by atomic mass is 16.5. The SMILES string of the molecule is CCC(=O)Nc1cnc(C2CC2)cc1OC. The molecular formula is C12H16N2O2. The van der Waals surface area contributed by atoms with Gasteiger partial charge in [-0.2, -0.15) is 0 Å². The van der Waals surface area contributed by atoms with E-state index >= 15 is 0 Å². The van der Waals surface area contributed by atoms with E-state index in [9.17, 15) is 4.79 Å². The third-order valence-electron chi connectivity index (χ3n) is 2.70. The molecule has 0 spiro atoms. The first-order valence-electron chi connectivity index (χ1n) is 5.58. The van der Waals surface area contributed by atoms with E-state index < -0.39 is 0 Å². The van der Waals surface area contributed by atoms with Gasteiger partial charge in [-0.25, -0.2) is 0 Å². The van der Waals surface area contributed by atoms with E-state index in [-0.39, 0.29) is 5.91 Å². The van der Waals surface area contributed by atoms with Gasteiger partial charge in [-0.15, -0.1) is 0 Å². The van der Waals surface area contributed by atoms with Crippen molar-refractivity contribution in [2.24, 2.45) is 0 Å². The summed E-state index contributed by atoms with van der Waals surface area (Å²) in [4.78, 5) is 15.6. The van der Waals surface area contributed by atoms with Gasteiger partial charge in [0.25, 0.3) is 0 Å². The van der Waals surface area contributed by atoms with Gasteiger partial charge >= 0.3 is 0 Å². The maximum Gasteiger partial charge on any atom is 0.224 e. The molecule has 0 aromatic carbocycles. The normalized spacial score (nSPS) is 14.6. The Morgan fingerprint density at radius 3 is 2.94 bits per heavy atom. The van der Waals surface area contributed by atoms with Crippen molar-refractivity contribution < 1.29 is 9.53 Å². The Labute approximate surface area is 95.0 Å². The van der Waals surface area contributed by atoms with Crippen LogP contribution < -0.4 is 10.1 Å². The van der Waals surface area contributed by atoms with Gasteiger partial charge in [0.1, 0.15) is 11.4 Å². The molecule has 0 unspecified atom stereocenters. The third kappa shape index (κ3) is 2.32. The van der Waals surface area contributed by atoms with E-state index in [4.69, 9.17) is 4.74 Å². The molecule has 0 atom stereocenters. The van der Waals surface area contributed by atoms with Crippen LogP contribution in [0.2, 0.25) is 0 Å². The number of hydrogen-bond acceptors (Lipinski definition) is 3. The zero-order valence-corrected chi connectivity index (χ0v) is 9.62. The summed E-state index contributed by atoms with van der Waals surface area (Å²) in [5.74, 6) is 1.25. The molecular weight excluding hydrogens is 204 g/mol. The molecule has 4 nitrogen and oxygen atoms in total. The summed E-state index contributed by atoms with van der Waals surface area (Å²) in [5, 5.41) is 2.77. The number of aromatic nitrogens is 1. The first kappa shape index (κ1) is 10.9. The molecule has 1 fully saturated rings. The average molecular weight is 220 g/mol. The minimum absolute atomic E-state index is 0.0285. The number of amides is 1. The molecule has 0 saturated heterocycles. The van der Waals surface area contributed by atoms with Crippen LogP contribution in [0.1, 0.15) is 37.8 Å². The molecule has 1 aromatic heterocycles. The first-order chi connectivity index (χ1) is 7.74. The number of hydrogen-bond donors (Lipinski definition) is 1. The summed E-state index contributed by atoms with van der Waals surface area (Å²) < 4.78 is 5.25. The van der Waals surface area contributed by atoms with Crippen molar-refractivity contribution in [2.45, 2.75) is 32.1 Å². The molecule has 0 aliphatic heterocycles.